The fraction of sp³-hybridized carbons (Fsp3) is 0.250. The third-order valence-corrected chi connectivity index (χ3v) is 6.93. The van der Waals surface area contributed by atoms with Crippen LogP contribution in [-0.2, 0) is 20.9 Å². The fourth-order valence-electron chi connectivity index (χ4n) is 3.96. The van der Waals surface area contributed by atoms with Gasteiger partial charge in [0, 0.05) is 35.4 Å². The van der Waals surface area contributed by atoms with Gasteiger partial charge in [-0.3, -0.25) is 14.4 Å². The lowest BCUT2D eigenvalue weighted by Crippen LogP contribution is -2.32. The molecule has 3 amide bonds. The van der Waals surface area contributed by atoms with Crippen molar-refractivity contribution in [2.75, 3.05) is 23.4 Å². The van der Waals surface area contributed by atoms with Gasteiger partial charge in [-0.15, -0.1) is 0 Å². The minimum atomic E-state index is -0.398. The van der Waals surface area contributed by atoms with E-state index < -0.39 is 5.92 Å². The molecule has 0 spiro atoms. The van der Waals surface area contributed by atoms with E-state index in [0.717, 1.165) is 21.2 Å². The number of benzene rings is 3. The zero-order valence-electron chi connectivity index (χ0n) is 20.2. The van der Waals surface area contributed by atoms with Crippen LogP contribution in [0, 0.1) is 19.8 Å². The second-order valence-corrected chi connectivity index (χ2v) is 9.76. The predicted molar refractivity (Wildman–Crippen MR) is 143 cm³/mol. The maximum atomic E-state index is 12.6. The molecule has 0 radical (unpaired) electrons. The Morgan fingerprint density at radius 2 is 1.75 bits per heavy atom. The summed E-state index contributed by atoms with van der Waals surface area (Å²) in [5.74, 6) is -0.374. The number of halogens is 1. The Morgan fingerprint density at radius 1 is 1.03 bits per heavy atom. The fourth-order valence-corrected chi connectivity index (χ4v) is 4.21. The summed E-state index contributed by atoms with van der Waals surface area (Å²) in [6, 6.07) is 20.5. The van der Waals surface area contributed by atoms with Crippen molar-refractivity contribution in [3.05, 3.63) is 87.9 Å². The number of anilines is 2. The summed E-state index contributed by atoms with van der Waals surface area (Å²) in [7, 11) is 0. The zero-order chi connectivity index (χ0) is 25.7. The molecule has 1 atom stereocenters. The van der Waals surface area contributed by atoms with Crippen LogP contribution in [0.15, 0.2) is 71.2 Å². The van der Waals surface area contributed by atoms with Crippen LogP contribution in [0.5, 0.6) is 5.75 Å². The Bertz CT molecular complexity index is 1260. The average Bonchev–Trinajstić information content (AvgIpc) is 3.26. The summed E-state index contributed by atoms with van der Waals surface area (Å²) in [6.45, 7) is 4.59. The molecule has 4 rings (SSSR count). The third kappa shape index (κ3) is 6.51. The molecule has 1 aliphatic rings. The number of aryl methyl sites for hydroxylation is 2. The van der Waals surface area contributed by atoms with Crippen LogP contribution >= 0.6 is 15.9 Å². The van der Waals surface area contributed by atoms with Gasteiger partial charge in [0.15, 0.2) is 6.61 Å². The first-order valence-electron chi connectivity index (χ1n) is 11.7. The minimum absolute atomic E-state index is 0.0941. The first-order valence-corrected chi connectivity index (χ1v) is 12.5. The molecule has 1 aliphatic heterocycles. The van der Waals surface area contributed by atoms with Crippen molar-refractivity contribution in [3.63, 3.8) is 0 Å². The lowest BCUT2D eigenvalue weighted by molar-refractivity contribution is -0.126. The van der Waals surface area contributed by atoms with Gasteiger partial charge in [-0.25, -0.2) is 0 Å². The molecule has 2 N–H and O–H groups in total. The lowest BCUT2D eigenvalue weighted by Gasteiger charge is -2.17. The summed E-state index contributed by atoms with van der Waals surface area (Å²) in [4.78, 5) is 39.0. The molecule has 0 aliphatic carbocycles. The molecule has 0 saturated carbocycles. The number of carbonyl (C=O) groups excluding carboxylic acids is 3. The van der Waals surface area contributed by atoms with Crippen LogP contribution in [-0.4, -0.2) is 30.9 Å². The second-order valence-electron chi connectivity index (χ2n) is 8.90. The van der Waals surface area contributed by atoms with Gasteiger partial charge in [-0.1, -0.05) is 45.8 Å². The Morgan fingerprint density at radius 3 is 2.44 bits per heavy atom. The van der Waals surface area contributed by atoms with E-state index in [1.54, 1.807) is 29.2 Å². The second kappa shape index (κ2) is 11.4. The number of amides is 3. The Balaban J connectivity index is 1.26. The van der Waals surface area contributed by atoms with Gasteiger partial charge in [-0.05, 0) is 67.4 Å². The van der Waals surface area contributed by atoms with Gasteiger partial charge >= 0.3 is 0 Å². The van der Waals surface area contributed by atoms with Crippen molar-refractivity contribution >= 4 is 45.0 Å². The molecule has 7 nitrogen and oxygen atoms in total. The van der Waals surface area contributed by atoms with Gasteiger partial charge in [0.25, 0.3) is 5.91 Å². The molecular weight excluding hydrogens is 522 g/mol. The summed E-state index contributed by atoms with van der Waals surface area (Å²) in [5.41, 5.74) is 4.59. The highest BCUT2D eigenvalue weighted by atomic mass is 79.9. The van der Waals surface area contributed by atoms with Crippen molar-refractivity contribution in [1.29, 1.82) is 0 Å². The van der Waals surface area contributed by atoms with Crippen LogP contribution in [0.25, 0.3) is 0 Å². The van der Waals surface area contributed by atoms with Crippen molar-refractivity contribution in [1.82, 2.24) is 5.32 Å². The summed E-state index contributed by atoms with van der Waals surface area (Å²) >= 11 is 3.44. The summed E-state index contributed by atoms with van der Waals surface area (Å²) in [6.07, 6.45) is 0.174. The highest BCUT2D eigenvalue weighted by molar-refractivity contribution is 9.10. The third-order valence-electron chi connectivity index (χ3n) is 6.04. The minimum Gasteiger partial charge on any atom is -0.484 e. The van der Waals surface area contributed by atoms with Gasteiger partial charge < -0.3 is 20.3 Å². The van der Waals surface area contributed by atoms with Crippen molar-refractivity contribution < 1.29 is 19.1 Å². The number of carbonyl (C=O) groups is 3. The average molecular weight is 550 g/mol. The number of hydrogen-bond donors (Lipinski definition) is 2. The Hall–Kier alpha value is -3.65. The first-order chi connectivity index (χ1) is 17.3. The van der Waals surface area contributed by atoms with Crippen LogP contribution < -0.4 is 20.3 Å². The maximum absolute atomic E-state index is 12.6. The number of rotatable bonds is 8. The van der Waals surface area contributed by atoms with Gasteiger partial charge in [-0.2, -0.15) is 0 Å². The quantitative estimate of drug-likeness (QED) is 0.424. The molecule has 0 bridgehead atoms. The summed E-state index contributed by atoms with van der Waals surface area (Å²) in [5, 5.41) is 5.74. The standard InChI is InChI=1S/C28H28BrN3O4/c1-18-3-5-20(6-4-18)15-30-28(35)21-14-27(34)32(16-21)23-8-10-24(11-9-23)36-17-26(33)31-22-7-12-25(29)19(2)13-22/h3-13,21H,14-17H2,1-2H3,(H,30,35)(H,31,33)/t21-/m1/s1. The Labute approximate surface area is 219 Å². The molecule has 0 aromatic heterocycles. The van der Waals surface area contributed by atoms with Gasteiger partial charge in [0.05, 0.1) is 5.92 Å². The van der Waals surface area contributed by atoms with Crippen LogP contribution in [0.4, 0.5) is 11.4 Å². The molecular formula is C28H28BrN3O4. The highest BCUT2D eigenvalue weighted by Gasteiger charge is 2.35. The largest absolute Gasteiger partial charge is 0.484 e. The van der Waals surface area contributed by atoms with E-state index in [2.05, 4.69) is 26.6 Å². The molecule has 1 saturated heterocycles. The van der Waals surface area contributed by atoms with E-state index in [0.29, 0.717) is 30.2 Å². The molecule has 8 heteroatoms. The molecule has 186 valence electrons. The van der Waals surface area contributed by atoms with Crippen LogP contribution in [0.3, 0.4) is 0 Å². The first kappa shape index (κ1) is 25.4. The topological polar surface area (TPSA) is 87.7 Å². The lowest BCUT2D eigenvalue weighted by atomic mass is 10.1. The van der Waals surface area contributed by atoms with Crippen molar-refractivity contribution in [2.24, 2.45) is 5.92 Å². The van der Waals surface area contributed by atoms with Gasteiger partial charge in [0.2, 0.25) is 11.8 Å². The molecule has 0 unspecified atom stereocenters. The molecule has 1 fully saturated rings. The van der Waals surface area contributed by atoms with Gasteiger partial charge in [0.1, 0.15) is 5.75 Å². The predicted octanol–water partition coefficient (Wildman–Crippen LogP) is 4.75. The molecule has 1 heterocycles. The smallest absolute Gasteiger partial charge is 0.262 e. The number of nitrogens with zero attached hydrogens (tertiary/aromatic N) is 1. The highest BCUT2D eigenvalue weighted by Crippen LogP contribution is 2.27. The van der Waals surface area contributed by atoms with Crippen molar-refractivity contribution in [2.45, 2.75) is 26.8 Å². The maximum Gasteiger partial charge on any atom is 0.262 e. The monoisotopic (exact) mass is 549 g/mol. The normalized spacial score (nSPS) is 15.0. The van der Waals surface area contributed by atoms with E-state index in [4.69, 9.17) is 4.74 Å². The molecule has 36 heavy (non-hydrogen) atoms. The number of hydrogen-bond acceptors (Lipinski definition) is 4. The SMILES string of the molecule is Cc1ccc(CNC(=O)[C@@H]2CC(=O)N(c3ccc(OCC(=O)Nc4ccc(Br)c(C)c4)cc3)C2)cc1. The van der Waals surface area contributed by atoms with Crippen molar-refractivity contribution in [3.8, 4) is 5.75 Å². The molecule has 3 aromatic rings. The zero-order valence-corrected chi connectivity index (χ0v) is 21.8. The number of ether oxygens (including phenoxy) is 1. The number of nitrogens with one attached hydrogen (secondary N) is 2. The van der Waals surface area contributed by atoms with E-state index in [-0.39, 0.29) is 30.7 Å². The van der Waals surface area contributed by atoms with E-state index in [1.165, 1.54) is 0 Å². The summed E-state index contributed by atoms with van der Waals surface area (Å²) < 4.78 is 6.56. The van der Waals surface area contributed by atoms with E-state index in [9.17, 15) is 14.4 Å². The van der Waals surface area contributed by atoms with E-state index in [1.807, 2.05) is 56.3 Å². The van der Waals surface area contributed by atoms with Crippen LogP contribution in [0.1, 0.15) is 23.1 Å². The molecule has 3 aromatic carbocycles. The Kier molecular flexibility index (Phi) is 8.05. The van der Waals surface area contributed by atoms with E-state index >= 15 is 0 Å². The van der Waals surface area contributed by atoms with Crippen LogP contribution in [0.2, 0.25) is 0 Å².